The Kier molecular flexibility index (Phi) is 2.76. The van der Waals surface area contributed by atoms with Crippen molar-refractivity contribution < 1.29 is 14.4 Å². The molecule has 4 rings (SSSR count). The molecule has 0 saturated carbocycles. The molecule has 1 aromatic rings. The van der Waals surface area contributed by atoms with Crippen LogP contribution in [-0.4, -0.2) is 41.4 Å². The zero-order chi connectivity index (χ0) is 15.3. The zero-order valence-corrected chi connectivity index (χ0v) is 12.1. The number of imide groups is 1. The lowest BCUT2D eigenvalue weighted by Gasteiger charge is -2.23. The van der Waals surface area contributed by atoms with Gasteiger partial charge in [-0.25, -0.2) is 4.79 Å². The average Bonchev–Trinajstić information content (AvgIpc) is 3.17. The molecule has 2 N–H and O–H groups in total. The number of likely N-dealkylation sites (tertiary alicyclic amines) is 1. The molecular formula is C16H17N3O3. The summed E-state index contributed by atoms with van der Waals surface area (Å²) in [5.41, 5.74) is 1.42. The van der Waals surface area contributed by atoms with Gasteiger partial charge in [-0.15, -0.1) is 0 Å². The second-order valence-electron chi connectivity index (χ2n) is 6.29. The third-order valence-electron chi connectivity index (χ3n) is 5.03. The van der Waals surface area contributed by atoms with Gasteiger partial charge in [0.15, 0.2) is 0 Å². The summed E-state index contributed by atoms with van der Waals surface area (Å²) in [7, 11) is 0. The highest BCUT2D eigenvalue weighted by Gasteiger charge is 2.52. The van der Waals surface area contributed by atoms with Gasteiger partial charge in [0.05, 0.1) is 12.5 Å². The van der Waals surface area contributed by atoms with Gasteiger partial charge in [-0.05, 0) is 30.4 Å². The molecule has 0 unspecified atom stereocenters. The molecule has 1 aromatic carbocycles. The standard InChI is InChI=1S/C16H17N3O3/c20-13(12-6-5-10-3-1-2-4-11(10)12)19-8-7-16(9-19)14(21)17-15(22)18-16/h1-4,12H,5-9H2,(H2,17,18,21,22)/t12-,16-/m1/s1. The number of carbonyl (C=O) groups excluding carboxylic acids is 3. The van der Waals surface area contributed by atoms with Crippen molar-refractivity contribution in [3.8, 4) is 0 Å². The fraction of sp³-hybridized carbons (Fsp3) is 0.438. The van der Waals surface area contributed by atoms with Gasteiger partial charge in [-0.3, -0.25) is 14.9 Å². The van der Waals surface area contributed by atoms with E-state index in [0.29, 0.717) is 13.0 Å². The molecule has 2 heterocycles. The van der Waals surface area contributed by atoms with Crippen molar-refractivity contribution in [1.29, 1.82) is 0 Å². The average molecular weight is 299 g/mol. The molecule has 2 aliphatic heterocycles. The molecule has 114 valence electrons. The van der Waals surface area contributed by atoms with Crippen molar-refractivity contribution in [2.75, 3.05) is 13.1 Å². The summed E-state index contributed by atoms with van der Waals surface area (Å²) in [5.74, 6) is -0.373. The van der Waals surface area contributed by atoms with Crippen LogP contribution in [0.5, 0.6) is 0 Å². The number of hydrogen-bond donors (Lipinski definition) is 2. The van der Waals surface area contributed by atoms with Crippen molar-refractivity contribution in [3.05, 3.63) is 35.4 Å². The second kappa shape index (κ2) is 4.56. The predicted molar refractivity (Wildman–Crippen MR) is 78.1 cm³/mol. The topological polar surface area (TPSA) is 78.5 Å². The summed E-state index contributed by atoms with van der Waals surface area (Å²) < 4.78 is 0. The summed E-state index contributed by atoms with van der Waals surface area (Å²) in [6.07, 6.45) is 2.22. The Morgan fingerprint density at radius 2 is 2.09 bits per heavy atom. The number of carbonyl (C=O) groups is 3. The number of fused-ring (bicyclic) bond motifs is 1. The minimum atomic E-state index is -0.926. The van der Waals surface area contributed by atoms with E-state index < -0.39 is 11.6 Å². The lowest BCUT2D eigenvalue weighted by Crippen LogP contribution is -2.50. The molecule has 2 fully saturated rings. The number of nitrogens with one attached hydrogen (secondary N) is 2. The predicted octanol–water partition coefficient (Wildman–Crippen LogP) is 0.527. The van der Waals surface area contributed by atoms with Crippen LogP contribution in [0.25, 0.3) is 0 Å². The van der Waals surface area contributed by atoms with Gasteiger partial charge in [0.2, 0.25) is 5.91 Å². The van der Waals surface area contributed by atoms with Gasteiger partial charge in [0, 0.05) is 6.54 Å². The number of rotatable bonds is 1. The summed E-state index contributed by atoms with van der Waals surface area (Å²) >= 11 is 0. The van der Waals surface area contributed by atoms with Crippen molar-refractivity contribution >= 4 is 17.8 Å². The normalized spacial score (nSPS) is 29.6. The van der Waals surface area contributed by atoms with Crippen LogP contribution in [-0.2, 0) is 16.0 Å². The molecule has 3 aliphatic rings. The Morgan fingerprint density at radius 3 is 2.86 bits per heavy atom. The van der Waals surface area contributed by atoms with Gasteiger partial charge in [-0.2, -0.15) is 0 Å². The van der Waals surface area contributed by atoms with Crippen LogP contribution >= 0.6 is 0 Å². The van der Waals surface area contributed by atoms with Gasteiger partial charge < -0.3 is 10.2 Å². The lowest BCUT2D eigenvalue weighted by molar-refractivity contribution is -0.132. The van der Waals surface area contributed by atoms with Crippen molar-refractivity contribution in [1.82, 2.24) is 15.5 Å². The number of nitrogens with zero attached hydrogens (tertiary/aromatic N) is 1. The summed E-state index contributed by atoms with van der Waals surface area (Å²) in [6.45, 7) is 0.771. The van der Waals surface area contributed by atoms with Crippen LogP contribution in [0.15, 0.2) is 24.3 Å². The molecule has 22 heavy (non-hydrogen) atoms. The number of aryl methyl sites for hydroxylation is 1. The summed E-state index contributed by atoms with van der Waals surface area (Å²) in [5, 5.41) is 4.95. The first-order valence-corrected chi connectivity index (χ1v) is 7.59. The highest BCUT2D eigenvalue weighted by atomic mass is 16.2. The fourth-order valence-corrected chi connectivity index (χ4v) is 3.85. The number of amides is 4. The molecule has 2 atom stereocenters. The Bertz CT molecular complexity index is 687. The Hall–Kier alpha value is -2.37. The zero-order valence-electron chi connectivity index (χ0n) is 12.1. The fourth-order valence-electron chi connectivity index (χ4n) is 3.85. The molecular weight excluding hydrogens is 282 g/mol. The van der Waals surface area contributed by atoms with Crippen molar-refractivity contribution in [2.45, 2.75) is 30.7 Å². The summed E-state index contributed by atoms with van der Waals surface area (Å²) in [6, 6.07) is 7.57. The maximum Gasteiger partial charge on any atom is 0.322 e. The van der Waals surface area contributed by atoms with Crippen LogP contribution in [0.3, 0.4) is 0 Å². The molecule has 1 aliphatic carbocycles. The smallest absolute Gasteiger partial charge is 0.322 e. The quantitative estimate of drug-likeness (QED) is 0.742. The highest BCUT2D eigenvalue weighted by Crippen LogP contribution is 2.36. The van der Waals surface area contributed by atoms with E-state index in [1.807, 2.05) is 18.2 Å². The van der Waals surface area contributed by atoms with Crippen LogP contribution in [0.1, 0.15) is 29.9 Å². The second-order valence-corrected chi connectivity index (χ2v) is 6.29. The number of urea groups is 1. The van der Waals surface area contributed by atoms with E-state index in [2.05, 4.69) is 16.7 Å². The van der Waals surface area contributed by atoms with E-state index in [9.17, 15) is 14.4 Å². The number of benzene rings is 1. The molecule has 4 amide bonds. The van der Waals surface area contributed by atoms with Crippen LogP contribution < -0.4 is 10.6 Å². The van der Waals surface area contributed by atoms with Crippen LogP contribution in [0, 0.1) is 0 Å². The van der Waals surface area contributed by atoms with E-state index in [1.54, 1.807) is 4.90 Å². The SMILES string of the molecule is O=C1NC(=O)[C@]2(CCN(C(=O)[C@@H]3CCc4ccccc43)C2)N1. The molecule has 2 saturated heterocycles. The van der Waals surface area contributed by atoms with Gasteiger partial charge >= 0.3 is 6.03 Å². The first-order chi connectivity index (χ1) is 10.6. The summed E-state index contributed by atoms with van der Waals surface area (Å²) in [4.78, 5) is 37.9. The van der Waals surface area contributed by atoms with E-state index in [-0.39, 0.29) is 24.3 Å². The molecule has 1 spiro atoms. The molecule has 6 heteroatoms. The first-order valence-electron chi connectivity index (χ1n) is 7.59. The maximum atomic E-state index is 12.8. The molecule has 0 aromatic heterocycles. The van der Waals surface area contributed by atoms with E-state index >= 15 is 0 Å². The van der Waals surface area contributed by atoms with E-state index in [4.69, 9.17) is 0 Å². The Morgan fingerprint density at radius 1 is 1.27 bits per heavy atom. The third kappa shape index (κ3) is 1.83. The lowest BCUT2D eigenvalue weighted by atomic mass is 9.98. The van der Waals surface area contributed by atoms with Gasteiger partial charge in [0.1, 0.15) is 5.54 Å². The molecule has 6 nitrogen and oxygen atoms in total. The first kappa shape index (κ1) is 13.3. The minimum Gasteiger partial charge on any atom is -0.339 e. The molecule has 0 radical (unpaired) electrons. The Labute approximate surface area is 127 Å². The van der Waals surface area contributed by atoms with Gasteiger partial charge in [-0.1, -0.05) is 24.3 Å². The molecule has 0 bridgehead atoms. The number of hydrogen-bond acceptors (Lipinski definition) is 3. The van der Waals surface area contributed by atoms with E-state index in [1.165, 1.54) is 5.56 Å². The van der Waals surface area contributed by atoms with E-state index in [0.717, 1.165) is 18.4 Å². The van der Waals surface area contributed by atoms with Crippen molar-refractivity contribution in [2.24, 2.45) is 0 Å². The third-order valence-corrected chi connectivity index (χ3v) is 5.03. The maximum absolute atomic E-state index is 12.8. The van der Waals surface area contributed by atoms with Crippen LogP contribution in [0.2, 0.25) is 0 Å². The minimum absolute atomic E-state index is 0.0655. The largest absolute Gasteiger partial charge is 0.339 e. The monoisotopic (exact) mass is 299 g/mol. The van der Waals surface area contributed by atoms with Crippen LogP contribution in [0.4, 0.5) is 4.79 Å². The van der Waals surface area contributed by atoms with Gasteiger partial charge in [0.25, 0.3) is 5.91 Å². The Balaban J connectivity index is 1.54. The highest BCUT2D eigenvalue weighted by molar-refractivity contribution is 6.07. The van der Waals surface area contributed by atoms with Crippen molar-refractivity contribution in [3.63, 3.8) is 0 Å².